The van der Waals surface area contributed by atoms with Crippen LogP contribution in [-0.4, -0.2) is 116 Å². The molecule has 8 heterocycles. The van der Waals surface area contributed by atoms with E-state index in [-0.39, 0.29) is 36.3 Å². The molecular formula is C39H39F3N12O2. The van der Waals surface area contributed by atoms with Crippen molar-refractivity contribution in [2.75, 3.05) is 55.5 Å². The molecule has 3 saturated heterocycles. The predicted octanol–water partition coefficient (Wildman–Crippen LogP) is 4.05. The monoisotopic (exact) mass is 764 g/mol. The first-order valence-corrected chi connectivity index (χ1v) is 18.8. The Morgan fingerprint density at radius 1 is 0.911 bits per heavy atom. The van der Waals surface area contributed by atoms with Crippen LogP contribution in [0.15, 0.2) is 54.7 Å². The van der Waals surface area contributed by atoms with E-state index in [4.69, 9.17) is 19.7 Å². The number of pyridine rings is 1. The second-order valence-electron chi connectivity index (χ2n) is 15.2. The van der Waals surface area contributed by atoms with Crippen molar-refractivity contribution in [2.24, 2.45) is 0 Å². The fraction of sp³-hybridized carbons (Fsp3) is 0.385. The minimum Gasteiger partial charge on any atom is -0.378 e. The number of halogens is 3. The van der Waals surface area contributed by atoms with Crippen LogP contribution in [0.3, 0.4) is 0 Å². The van der Waals surface area contributed by atoms with Crippen LogP contribution in [0.5, 0.6) is 0 Å². The van der Waals surface area contributed by atoms with Crippen LogP contribution in [0.4, 0.5) is 30.8 Å². The summed E-state index contributed by atoms with van der Waals surface area (Å²) in [5.41, 5.74) is 2.80. The Kier molecular flexibility index (Phi) is 8.14. The number of hydrogen-bond acceptors (Lipinski definition) is 11. The molecule has 0 saturated carbocycles. The number of aromatic nitrogens is 7. The SMILES string of the molecule is CO[C@H]1CN(C)C(=O)[C@@H]2CC(CN2c2nc(N3C4CNCC3C4)nc3c2cnn3-c2ccc(F)cc2F)Nc2cccc(n2)-c2cc(F)cc3nc(C)n(c23)C1. The summed E-state index contributed by atoms with van der Waals surface area (Å²) in [6, 6.07) is 11.2. The number of rotatable bonds is 4. The number of carbonyl (C=O) groups excluding carboxylic acids is 1. The number of amides is 1. The van der Waals surface area contributed by atoms with Gasteiger partial charge in [-0.1, -0.05) is 6.07 Å². The number of benzene rings is 2. The number of ether oxygens (including phenoxy) is 1. The molecule has 6 bridgehead atoms. The van der Waals surface area contributed by atoms with E-state index in [0.717, 1.165) is 31.1 Å². The molecule has 5 atom stereocenters. The lowest BCUT2D eigenvalue weighted by Gasteiger charge is -2.53. The molecule has 3 fully saturated rings. The number of imidazole rings is 1. The van der Waals surface area contributed by atoms with E-state index in [0.29, 0.717) is 70.7 Å². The Morgan fingerprint density at radius 3 is 2.54 bits per heavy atom. The van der Waals surface area contributed by atoms with Gasteiger partial charge in [-0.3, -0.25) is 4.79 Å². The van der Waals surface area contributed by atoms with Gasteiger partial charge in [0.1, 0.15) is 40.8 Å². The molecule has 0 aliphatic carbocycles. The number of methoxy groups -OCH3 is 1. The summed E-state index contributed by atoms with van der Waals surface area (Å²) < 4.78 is 53.8. The fourth-order valence-corrected chi connectivity index (χ4v) is 8.97. The molecule has 2 N–H and O–H groups in total. The number of nitrogens with one attached hydrogen (secondary N) is 2. The Bertz CT molecular complexity index is 2530. The maximum atomic E-state index is 15.3. The van der Waals surface area contributed by atoms with Crippen molar-refractivity contribution in [1.29, 1.82) is 0 Å². The normalized spacial score (nSPS) is 23.6. The van der Waals surface area contributed by atoms with E-state index >= 15 is 8.78 Å². The van der Waals surface area contributed by atoms with Crippen molar-refractivity contribution in [1.82, 2.24) is 44.5 Å². The van der Waals surface area contributed by atoms with Crippen molar-refractivity contribution in [3.63, 3.8) is 0 Å². The molecule has 17 heteroatoms. The van der Waals surface area contributed by atoms with Crippen LogP contribution in [0.2, 0.25) is 0 Å². The van der Waals surface area contributed by atoms with Gasteiger partial charge in [-0.2, -0.15) is 15.1 Å². The van der Waals surface area contributed by atoms with Gasteiger partial charge in [0.2, 0.25) is 11.9 Å². The number of likely N-dealkylation sites (N-methyl/N-ethyl adjacent to an activating group) is 1. The van der Waals surface area contributed by atoms with Gasteiger partial charge in [-0.25, -0.2) is 27.8 Å². The minimum absolute atomic E-state index is 0.0423. The van der Waals surface area contributed by atoms with Crippen molar-refractivity contribution in [3.05, 3.63) is 78.0 Å². The van der Waals surface area contributed by atoms with Gasteiger partial charge in [-0.05, 0) is 50.1 Å². The van der Waals surface area contributed by atoms with E-state index in [1.165, 1.54) is 28.9 Å². The third-order valence-corrected chi connectivity index (χ3v) is 11.7. The van der Waals surface area contributed by atoms with E-state index in [9.17, 15) is 9.18 Å². The highest BCUT2D eigenvalue weighted by Crippen LogP contribution is 2.39. The highest BCUT2D eigenvalue weighted by atomic mass is 19.1. The van der Waals surface area contributed by atoms with E-state index in [1.54, 1.807) is 25.3 Å². The van der Waals surface area contributed by atoms with Gasteiger partial charge in [0.05, 0.1) is 41.0 Å². The molecule has 0 spiro atoms. The summed E-state index contributed by atoms with van der Waals surface area (Å²) in [6.45, 7) is 4.38. The molecule has 10 rings (SSSR count). The lowest BCUT2D eigenvalue weighted by Crippen LogP contribution is -2.68. The number of nitrogens with zero attached hydrogens (tertiary/aromatic N) is 10. The standard InChI is InChI=1S/C39H39F3N12O2/c1-20-45-31-11-22(41)9-27-30-5-4-6-34(47-30)46-23-12-33(38(55)50(2)18-26(56-3)19-51(20)35(27)31)52(17-23)36-28-16-44-54(32-8-7-21(40)10-29(32)42)37(28)49-39(48-36)53-24-13-25(53)15-43-14-24/h4-11,16,23-26,33,43H,12-15,17-19H2,1-3H3,(H,46,47)/t23?,24?,25?,26-,33-/m0/s1. The molecule has 4 aliphatic heterocycles. The molecule has 14 nitrogen and oxygen atoms in total. The first-order valence-electron chi connectivity index (χ1n) is 18.8. The lowest BCUT2D eigenvalue weighted by atomic mass is 9.89. The Morgan fingerprint density at radius 2 is 1.75 bits per heavy atom. The average molecular weight is 765 g/mol. The van der Waals surface area contributed by atoms with Gasteiger partial charge in [0.15, 0.2) is 11.5 Å². The number of anilines is 3. The highest BCUT2D eigenvalue weighted by Gasteiger charge is 2.45. The van der Waals surface area contributed by atoms with Crippen LogP contribution in [0.1, 0.15) is 18.7 Å². The zero-order valence-electron chi connectivity index (χ0n) is 31.0. The molecule has 288 valence electrons. The summed E-state index contributed by atoms with van der Waals surface area (Å²) >= 11 is 0. The zero-order valence-corrected chi connectivity index (χ0v) is 31.0. The third-order valence-electron chi connectivity index (χ3n) is 11.7. The van der Waals surface area contributed by atoms with E-state index < -0.39 is 29.6 Å². The van der Waals surface area contributed by atoms with Crippen LogP contribution in [0, 0.1) is 24.4 Å². The van der Waals surface area contributed by atoms with Gasteiger partial charge in [0.25, 0.3) is 0 Å². The number of carbonyl (C=O) groups is 1. The summed E-state index contributed by atoms with van der Waals surface area (Å²) in [4.78, 5) is 40.4. The number of piperidine rings is 1. The first kappa shape index (κ1) is 34.7. The first-order chi connectivity index (χ1) is 27.1. The van der Waals surface area contributed by atoms with Crippen molar-refractivity contribution >= 4 is 45.6 Å². The molecular weight excluding hydrogens is 726 g/mol. The fourth-order valence-electron chi connectivity index (χ4n) is 8.97. The Hall–Kier alpha value is -5.81. The number of fused-ring (bicyclic) bond motifs is 8. The minimum atomic E-state index is -0.783. The van der Waals surface area contributed by atoms with Gasteiger partial charge in [-0.15, -0.1) is 0 Å². The number of aryl methyl sites for hydroxylation is 1. The smallest absolute Gasteiger partial charge is 0.245 e. The second-order valence-corrected chi connectivity index (χ2v) is 15.2. The molecule has 6 aromatic rings. The maximum absolute atomic E-state index is 15.3. The largest absolute Gasteiger partial charge is 0.378 e. The second kappa shape index (κ2) is 13.2. The summed E-state index contributed by atoms with van der Waals surface area (Å²) in [6.07, 6.45) is 2.53. The van der Waals surface area contributed by atoms with Gasteiger partial charge in [0, 0.05) is 76.2 Å². The molecule has 1 amide bonds. The summed E-state index contributed by atoms with van der Waals surface area (Å²) in [5.74, 6) is 0.141. The number of hydrogen-bond donors (Lipinski definition) is 2. The maximum Gasteiger partial charge on any atom is 0.245 e. The molecule has 2 aromatic carbocycles. The summed E-state index contributed by atoms with van der Waals surface area (Å²) in [7, 11) is 3.38. The van der Waals surface area contributed by atoms with Crippen molar-refractivity contribution < 1.29 is 22.7 Å². The quantitative estimate of drug-likeness (QED) is 0.270. The molecule has 56 heavy (non-hydrogen) atoms. The third kappa shape index (κ3) is 5.62. The van der Waals surface area contributed by atoms with Crippen LogP contribution < -0.4 is 20.4 Å². The molecule has 3 unspecified atom stereocenters. The lowest BCUT2D eigenvalue weighted by molar-refractivity contribution is -0.132. The van der Waals surface area contributed by atoms with Crippen molar-refractivity contribution in [3.8, 4) is 16.9 Å². The number of piperazine rings is 1. The van der Waals surface area contributed by atoms with E-state index in [1.807, 2.05) is 34.6 Å². The highest BCUT2D eigenvalue weighted by molar-refractivity contribution is 5.94. The van der Waals surface area contributed by atoms with Crippen LogP contribution >= 0.6 is 0 Å². The molecule has 4 aliphatic rings. The van der Waals surface area contributed by atoms with Crippen LogP contribution in [-0.2, 0) is 16.1 Å². The zero-order chi connectivity index (χ0) is 38.4. The van der Waals surface area contributed by atoms with Gasteiger partial charge >= 0.3 is 0 Å². The average Bonchev–Trinajstić information content (AvgIpc) is 3.88. The van der Waals surface area contributed by atoms with Crippen LogP contribution in [0.25, 0.3) is 39.0 Å². The Labute approximate surface area is 319 Å². The summed E-state index contributed by atoms with van der Waals surface area (Å²) in [5, 5.41) is 12.1. The molecule has 0 radical (unpaired) electrons. The topological polar surface area (TPSA) is 134 Å². The Balaban J connectivity index is 1.10. The van der Waals surface area contributed by atoms with Gasteiger partial charge < -0.3 is 34.6 Å². The predicted molar refractivity (Wildman–Crippen MR) is 203 cm³/mol. The van der Waals surface area contributed by atoms with Crippen molar-refractivity contribution in [2.45, 2.75) is 56.6 Å². The molecule has 4 aromatic heterocycles. The van der Waals surface area contributed by atoms with E-state index in [2.05, 4.69) is 25.6 Å².